The molecule has 2 aromatic carbocycles. The van der Waals surface area contributed by atoms with E-state index in [-0.39, 0.29) is 11.8 Å². The van der Waals surface area contributed by atoms with Crippen LogP contribution in [0.3, 0.4) is 0 Å². The van der Waals surface area contributed by atoms with E-state index in [1.165, 1.54) is 11.3 Å². The molecule has 1 aliphatic heterocycles. The number of benzene rings is 2. The molecule has 3 heterocycles. The highest BCUT2D eigenvalue weighted by Crippen LogP contribution is 2.39. The van der Waals surface area contributed by atoms with Crippen LogP contribution in [0.1, 0.15) is 42.9 Å². The third-order valence-corrected chi connectivity index (χ3v) is 7.10. The number of rotatable bonds is 8. The fraction of sp³-hybridized carbons (Fsp3) is 0.148. The summed E-state index contributed by atoms with van der Waals surface area (Å²) in [5.41, 5.74) is 3.65. The van der Waals surface area contributed by atoms with Gasteiger partial charge in [0.2, 0.25) is 0 Å². The Morgan fingerprint density at radius 1 is 1.08 bits per heavy atom. The standard InChI is InChI=1S/C27H23ClN4O3S/c1-35-27-19-8-5-9-20(31-25(33)21-11-12-22(28)36-21)24(19)26(34)32(27)16-18-7-4-6-17(14-18)15-30-23-10-2-3-13-29-23/h2-14,27H,15-16H2,1H3,(H,29,30)(H,31,33). The maximum atomic E-state index is 13.6. The van der Waals surface area contributed by atoms with E-state index in [9.17, 15) is 9.59 Å². The molecule has 0 bridgehead atoms. The minimum Gasteiger partial charge on any atom is -0.366 e. The van der Waals surface area contributed by atoms with Gasteiger partial charge in [-0.15, -0.1) is 11.3 Å². The van der Waals surface area contributed by atoms with Gasteiger partial charge in [0.1, 0.15) is 5.82 Å². The number of thiophene rings is 1. The number of halogens is 1. The molecular weight excluding hydrogens is 496 g/mol. The molecule has 0 fully saturated rings. The van der Waals surface area contributed by atoms with Gasteiger partial charge in [-0.05, 0) is 41.5 Å². The number of pyridine rings is 1. The molecule has 4 aromatic rings. The molecule has 2 amide bonds. The highest BCUT2D eigenvalue weighted by Gasteiger charge is 2.39. The highest BCUT2D eigenvalue weighted by atomic mass is 35.5. The molecule has 182 valence electrons. The average Bonchev–Trinajstić information content (AvgIpc) is 3.45. The number of aromatic nitrogens is 1. The molecule has 2 aromatic heterocycles. The predicted octanol–water partition coefficient (Wildman–Crippen LogP) is 5.96. The summed E-state index contributed by atoms with van der Waals surface area (Å²) < 4.78 is 6.26. The first-order valence-electron chi connectivity index (χ1n) is 11.3. The van der Waals surface area contributed by atoms with Crippen LogP contribution >= 0.6 is 22.9 Å². The summed E-state index contributed by atoms with van der Waals surface area (Å²) in [5, 5.41) is 6.17. The number of ether oxygens (including phenoxy) is 1. The van der Waals surface area contributed by atoms with Gasteiger partial charge in [-0.3, -0.25) is 9.59 Å². The van der Waals surface area contributed by atoms with E-state index >= 15 is 0 Å². The minimum atomic E-state index is -0.559. The van der Waals surface area contributed by atoms with Crippen molar-refractivity contribution >= 4 is 46.3 Å². The van der Waals surface area contributed by atoms with Crippen molar-refractivity contribution in [2.45, 2.75) is 19.3 Å². The third-order valence-electron chi connectivity index (χ3n) is 5.87. The monoisotopic (exact) mass is 518 g/mol. The van der Waals surface area contributed by atoms with Crippen LogP contribution in [0.25, 0.3) is 0 Å². The minimum absolute atomic E-state index is 0.200. The Balaban J connectivity index is 1.35. The van der Waals surface area contributed by atoms with Crippen molar-refractivity contribution in [3.63, 3.8) is 0 Å². The fourth-order valence-electron chi connectivity index (χ4n) is 4.26. The molecule has 9 heteroatoms. The van der Waals surface area contributed by atoms with Gasteiger partial charge in [0.25, 0.3) is 11.8 Å². The van der Waals surface area contributed by atoms with Crippen LogP contribution in [0.5, 0.6) is 0 Å². The zero-order valence-electron chi connectivity index (χ0n) is 19.4. The van der Waals surface area contributed by atoms with Gasteiger partial charge >= 0.3 is 0 Å². The maximum Gasteiger partial charge on any atom is 0.265 e. The number of carbonyl (C=O) groups is 2. The SMILES string of the molecule is COC1c2cccc(NC(=O)c3ccc(Cl)s3)c2C(=O)N1Cc1cccc(CNc2ccccn2)c1. The summed E-state index contributed by atoms with van der Waals surface area (Å²) in [4.78, 5) is 32.7. The van der Waals surface area contributed by atoms with Crippen molar-refractivity contribution in [3.05, 3.63) is 110 Å². The van der Waals surface area contributed by atoms with Crippen LogP contribution in [0.4, 0.5) is 11.5 Å². The molecule has 2 N–H and O–H groups in total. The Kier molecular flexibility index (Phi) is 6.99. The summed E-state index contributed by atoms with van der Waals surface area (Å²) in [6, 6.07) is 22.5. The van der Waals surface area contributed by atoms with E-state index in [0.717, 1.165) is 22.5 Å². The fourth-order valence-corrected chi connectivity index (χ4v) is 5.20. The topological polar surface area (TPSA) is 83.6 Å². The predicted molar refractivity (Wildman–Crippen MR) is 141 cm³/mol. The van der Waals surface area contributed by atoms with Crippen molar-refractivity contribution in [2.75, 3.05) is 17.7 Å². The summed E-state index contributed by atoms with van der Waals surface area (Å²) >= 11 is 7.16. The average molecular weight is 519 g/mol. The third kappa shape index (κ3) is 4.97. The second kappa shape index (κ2) is 10.5. The van der Waals surface area contributed by atoms with Gasteiger partial charge in [0, 0.05) is 32.0 Å². The number of hydrogen-bond donors (Lipinski definition) is 2. The van der Waals surface area contributed by atoms with Crippen molar-refractivity contribution < 1.29 is 14.3 Å². The lowest BCUT2D eigenvalue weighted by atomic mass is 10.1. The highest BCUT2D eigenvalue weighted by molar-refractivity contribution is 7.18. The van der Waals surface area contributed by atoms with Crippen molar-refractivity contribution in [3.8, 4) is 0 Å². The molecule has 0 saturated carbocycles. The number of anilines is 2. The molecule has 1 aliphatic rings. The Hall–Kier alpha value is -3.72. The van der Waals surface area contributed by atoms with E-state index in [1.807, 2.05) is 48.5 Å². The van der Waals surface area contributed by atoms with Gasteiger partial charge in [-0.2, -0.15) is 0 Å². The number of amides is 2. The number of fused-ring (bicyclic) bond motifs is 1. The lowest BCUT2D eigenvalue weighted by Gasteiger charge is -2.24. The number of carbonyl (C=O) groups excluding carboxylic acids is 2. The zero-order valence-corrected chi connectivity index (χ0v) is 21.0. The second-order valence-electron chi connectivity index (χ2n) is 8.24. The lowest BCUT2D eigenvalue weighted by Crippen LogP contribution is -2.28. The summed E-state index contributed by atoms with van der Waals surface area (Å²) in [7, 11) is 1.58. The molecule has 0 spiro atoms. The van der Waals surface area contributed by atoms with Crippen molar-refractivity contribution in [1.82, 2.24) is 9.88 Å². The van der Waals surface area contributed by atoms with Gasteiger partial charge in [0.05, 0.1) is 20.5 Å². The van der Waals surface area contributed by atoms with Crippen LogP contribution in [-0.2, 0) is 17.8 Å². The summed E-state index contributed by atoms with van der Waals surface area (Å²) in [5.74, 6) is 0.287. The van der Waals surface area contributed by atoms with Crippen molar-refractivity contribution in [2.24, 2.45) is 0 Å². The quantitative estimate of drug-likeness (QED) is 0.300. The molecule has 1 unspecified atom stereocenters. The molecule has 36 heavy (non-hydrogen) atoms. The van der Waals surface area contributed by atoms with Crippen molar-refractivity contribution in [1.29, 1.82) is 0 Å². The number of hydrogen-bond acceptors (Lipinski definition) is 6. The smallest absolute Gasteiger partial charge is 0.265 e. The van der Waals surface area contributed by atoms with Crippen LogP contribution < -0.4 is 10.6 Å². The Morgan fingerprint density at radius 3 is 2.67 bits per heavy atom. The van der Waals surface area contributed by atoms with Crippen LogP contribution in [-0.4, -0.2) is 28.8 Å². The van der Waals surface area contributed by atoms with E-state index in [0.29, 0.717) is 33.6 Å². The molecule has 0 radical (unpaired) electrons. The summed E-state index contributed by atoms with van der Waals surface area (Å²) in [6.07, 6.45) is 1.18. The first-order chi connectivity index (χ1) is 17.5. The first kappa shape index (κ1) is 24.0. The zero-order chi connectivity index (χ0) is 25.1. The lowest BCUT2D eigenvalue weighted by molar-refractivity contribution is -0.0162. The first-order valence-corrected chi connectivity index (χ1v) is 12.5. The van der Waals surface area contributed by atoms with E-state index in [1.54, 1.807) is 36.4 Å². The van der Waals surface area contributed by atoms with Gasteiger partial charge < -0.3 is 20.3 Å². The number of methoxy groups -OCH3 is 1. The van der Waals surface area contributed by atoms with E-state index in [4.69, 9.17) is 16.3 Å². The van der Waals surface area contributed by atoms with Crippen LogP contribution in [0, 0.1) is 0 Å². The molecule has 1 atom stereocenters. The van der Waals surface area contributed by atoms with Crippen LogP contribution in [0.15, 0.2) is 79.0 Å². The number of nitrogens with zero attached hydrogens (tertiary/aromatic N) is 2. The van der Waals surface area contributed by atoms with E-state index < -0.39 is 6.23 Å². The molecule has 0 aliphatic carbocycles. The molecular formula is C27H23ClN4O3S. The molecule has 5 rings (SSSR count). The number of nitrogens with one attached hydrogen (secondary N) is 2. The Labute approximate surface area is 217 Å². The van der Waals surface area contributed by atoms with Gasteiger partial charge in [-0.1, -0.05) is 54.1 Å². The van der Waals surface area contributed by atoms with E-state index in [2.05, 4.69) is 21.7 Å². The molecule has 0 saturated heterocycles. The largest absolute Gasteiger partial charge is 0.366 e. The Bertz CT molecular complexity index is 1410. The van der Waals surface area contributed by atoms with Crippen LogP contribution in [0.2, 0.25) is 4.34 Å². The summed E-state index contributed by atoms with van der Waals surface area (Å²) in [6.45, 7) is 0.965. The maximum absolute atomic E-state index is 13.6. The molecule has 7 nitrogen and oxygen atoms in total. The second-order valence-corrected chi connectivity index (χ2v) is 9.95. The van der Waals surface area contributed by atoms with Gasteiger partial charge in [0.15, 0.2) is 6.23 Å². The normalized spacial score (nSPS) is 14.6. The van der Waals surface area contributed by atoms with Gasteiger partial charge in [-0.25, -0.2) is 4.98 Å². The Morgan fingerprint density at radius 2 is 1.92 bits per heavy atom.